The number of methoxy groups -OCH3 is 1. The predicted molar refractivity (Wildman–Crippen MR) is 91.7 cm³/mol. The third-order valence-electron chi connectivity index (χ3n) is 3.90. The van der Waals surface area contributed by atoms with E-state index in [0.29, 0.717) is 18.1 Å². The lowest BCUT2D eigenvalue weighted by Crippen LogP contribution is -2.23. The van der Waals surface area contributed by atoms with Gasteiger partial charge in [0.05, 0.1) is 6.10 Å². The first-order chi connectivity index (χ1) is 10.1. The van der Waals surface area contributed by atoms with Crippen LogP contribution in [-0.4, -0.2) is 19.8 Å². The average molecular weight is 291 g/mol. The van der Waals surface area contributed by atoms with Crippen molar-refractivity contribution >= 4 is 0 Å². The molecular formula is C19H33NO. The van der Waals surface area contributed by atoms with Gasteiger partial charge in [0, 0.05) is 13.2 Å². The van der Waals surface area contributed by atoms with E-state index in [0.717, 1.165) is 25.8 Å². The number of benzene rings is 1. The first-order valence-corrected chi connectivity index (χ1v) is 8.41. The molecule has 1 rings (SSSR count). The highest BCUT2D eigenvalue weighted by atomic mass is 16.5. The third-order valence-corrected chi connectivity index (χ3v) is 3.90. The molecule has 0 bridgehead atoms. The highest BCUT2D eigenvalue weighted by Gasteiger charge is 2.13. The van der Waals surface area contributed by atoms with Gasteiger partial charge in [-0.3, -0.25) is 0 Å². The fraction of sp³-hybridized carbons (Fsp3) is 0.684. The van der Waals surface area contributed by atoms with E-state index < -0.39 is 0 Å². The van der Waals surface area contributed by atoms with Crippen LogP contribution in [0.5, 0.6) is 0 Å². The lowest BCUT2D eigenvalue weighted by molar-refractivity contribution is 0.106. The summed E-state index contributed by atoms with van der Waals surface area (Å²) in [5.74, 6) is 0.704. The Bertz CT molecular complexity index is 389. The highest BCUT2D eigenvalue weighted by molar-refractivity contribution is 5.26. The zero-order chi connectivity index (χ0) is 15.7. The lowest BCUT2D eigenvalue weighted by atomic mass is 9.95. The van der Waals surface area contributed by atoms with Gasteiger partial charge in [-0.2, -0.15) is 0 Å². The Morgan fingerprint density at radius 3 is 2.52 bits per heavy atom. The zero-order valence-corrected chi connectivity index (χ0v) is 14.5. The van der Waals surface area contributed by atoms with Crippen LogP contribution >= 0.6 is 0 Å². The van der Waals surface area contributed by atoms with E-state index in [2.05, 4.69) is 57.3 Å². The van der Waals surface area contributed by atoms with Crippen LogP contribution in [0.25, 0.3) is 0 Å². The van der Waals surface area contributed by atoms with Crippen molar-refractivity contribution < 1.29 is 4.74 Å². The zero-order valence-electron chi connectivity index (χ0n) is 14.5. The summed E-state index contributed by atoms with van der Waals surface area (Å²) in [6.07, 6.45) is 4.87. The van der Waals surface area contributed by atoms with Crippen LogP contribution in [-0.2, 0) is 11.2 Å². The maximum atomic E-state index is 5.39. The molecule has 120 valence electrons. The van der Waals surface area contributed by atoms with E-state index >= 15 is 0 Å². The molecule has 0 saturated heterocycles. The summed E-state index contributed by atoms with van der Waals surface area (Å²) in [6.45, 7) is 9.99. The molecule has 0 heterocycles. The second-order valence-corrected chi connectivity index (χ2v) is 6.47. The largest absolute Gasteiger partial charge is 0.382 e. The quantitative estimate of drug-likeness (QED) is 0.672. The van der Waals surface area contributed by atoms with Crippen LogP contribution in [0, 0.1) is 5.92 Å². The average Bonchev–Trinajstić information content (AvgIpc) is 2.46. The van der Waals surface area contributed by atoms with Crippen LogP contribution in [0.15, 0.2) is 24.3 Å². The molecule has 0 fully saturated rings. The maximum absolute atomic E-state index is 5.39. The molecule has 1 aromatic carbocycles. The smallest absolute Gasteiger partial charge is 0.0543 e. The van der Waals surface area contributed by atoms with Gasteiger partial charge in [0.2, 0.25) is 0 Å². The lowest BCUT2D eigenvalue weighted by Gasteiger charge is -2.21. The first-order valence-electron chi connectivity index (χ1n) is 8.41. The Labute approximate surface area is 131 Å². The van der Waals surface area contributed by atoms with Gasteiger partial charge in [0.1, 0.15) is 0 Å². The van der Waals surface area contributed by atoms with Crippen molar-refractivity contribution in [1.82, 2.24) is 5.32 Å². The molecular weight excluding hydrogens is 258 g/mol. The molecule has 21 heavy (non-hydrogen) atoms. The Hall–Kier alpha value is -0.860. The molecule has 0 saturated carbocycles. The number of hydrogen-bond acceptors (Lipinski definition) is 2. The van der Waals surface area contributed by atoms with Crippen molar-refractivity contribution in [2.45, 2.75) is 65.5 Å². The fourth-order valence-corrected chi connectivity index (χ4v) is 2.63. The van der Waals surface area contributed by atoms with Crippen molar-refractivity contribution in [3.63, 3.8) is 0 Å². The van der Waals surface area contributed by atoms with Gasteiger partial charge in [-0.05, 0) is 56.2 Å². The predicted octanol–water partition coefficient (Wildman–Crippen LogP) is 4.74. The maximum Gasteiger partial charge on any atom is 0.0543 e. The monoisotopic (exact) mass is 291 g/mol. The van der Waals surface area contributed by atoms with E-state index in [1.807, 2.05) is 0 Å². The fourth-order valence-electron chi connectivity index (χ4n) is 2.63. The van der Waals surface area contributed by atoms with E-state index in [4.69, 9.17) is 4.74 Å². The summed E-state index contributed by atoms with van der Waals surface area (Å²) >= 11 is 0. The molecule has 1 N–H and O–H groups in total. The molecule has 0 spiro atoms. The minimum atomic E-state index is 0.328. The van der Waals surface area contributed by atoms with Crippen LogP contribution in [0.4, 0.5) is 0 Å². The van der Waals surface area contributed by atoms with Crippen molar-refractivity contribution in [2.75, 3.05) is 13.7 Å². The summed E-state index contributed by atoms with van der Waals surface area (Å²) in [5.41, 5.74) is 2.87. The second kappa shape index (κ2) is 9.97. The summed E-state index contributed by atoms with van der Waals surface area (Å²) in [4.78, 5) is 0. The number of rotatable bonds is 10. The summed E-state index contributed by atoms with van der Waals surface area (Å²) in [5, 5.41) is 3.69. The molecule has 2 atom stereocenters. The topological polar surface area (TPSA) is 21.3 Å². The van der Waals surface area contributed by atoms with E-state index in [1.165, 1.54) is 17.5 Å². The molecule has 0 aromatic heterocycles. The summed E-state index contributed by atoms with van der Waals surface area (Å²) in [6, 6.07) is 9.53. The van der Waals surface area contributed by atoms with Crippen molar-refractivity contribution in [3.05, 3.63) is 35.4 Å². The Morgan fingerprint density at radius 2 is 1.90 bits per heavy atom. The number of hydrogen-bond donors (Lipinski definition) is 1. The minimum Gasteiger partial charge on any atom is -0.382 e. The standard InChI is InChI=1S/C19H33NO/c1-6-12-20-19(11-10-16(4)21-5)18-9-7-8-17(14-18)13-15(2)3/h7-9,14-16,19-20H,6,10-13H2,1-5H3. The van der Waals surface area contributed by atoms with Gasteiger partial charge in [-0.15, -0.1) is 0 Å². The molecule has 0 aliphatic rings. The van der Waals surface area contributed by atoms with E-state index in [1.54, 1.807) is 7.11 Å². The van der Waals surface area contributed by atoms with Gasteiger partial charge in [-0.1, -0.05) is 45.0 Å². The van der Waals surface area contributed by atoms with E-state index in [9.17, 15) is 0 Å². The van der Waals surface area contributed by atoms with Gasteiger partial charge in [0.25, 0.3) is 0 Å². The molecule has 2 heteroatoms. The molecule has 2 nitrogen and oxygen atoms in total. The summed E-state index contributed by atoms with van der Waals surface area (Å²) < 4.78 is 5.39. The molecule has 2 unspecified atom stereocenters. The number of ether oxygens (including phenoxy) is 1. The normalized spacial score (nSPS) is 14.4. The van der Waals surface area contributed by atoms with Crippen molar-refractivity contribution in [3.8, 4) is 0 Å². The second-order valence-electron chi connectivity index (χ2n) is 6.47. The van der Waals surface area contributed by atoms with Crippen LogP contribution in [0.1, 0.15) is 64.1 Å². The van der Waals surface area contributed by atoms with Crippen molar-refractivity contribution in [1.29, 1.82) is 0 Å². The Morgan fingerprint density at radius 1 is 1.14 bits per heavy atom. The van der Waals surface area contributed by atoms with Crippen LogP contribution in [0.3, 0.4) is 0 Å². The molecule has 0 aliphatic carbocycles. The summed E-state index contributed by atoms with van der Waals surface area (Å²) in [7, 11) is 1.79. The first kappa shape index (κ1) is 18.2. The highest BCUT2D eigenvalue weighted by Crippen LogP contribution is 2.22. The molecule has 0 aliphatic heterocycles. The van der Waals surface area contributed by atoms with Gasteiger partial charge < -0.3 is 10.1 Å². The van der Waals surface area contributed by atoms with Gasteiger partial charge >= 0.3 is 0 Å². The number of nitrogens with one attached hydrogen (secondary N) is 1. The van der Waals surface area contributed by atoms with Crippen LogP contribution < -0.4 is 5.32 Å². The van der Waals surface area contributed by atoms with Gasteiger partial charge in [0.15, 0.2) is 0 Å². The Balaban J connectivity index is 2.76. The van der Waals surface area contributed by atoms with Crippen molar-refractivity contribution in [2.24, 2.45) is 5.92 Å². The molecule has 0 amide bonds. The third kappa shape index (κ3) is 7.10. The van der Waals surface area contributed by atoms with Crippen LogP contribution in [0.2, 0.25) is 0 Å². The molecule has 0 radical (unpaired) electrons. The van der Waals surface area contributed by atoms with Gasteiger partial charge in [-0.25, -0.2) is 0 Å². The molecule has 1 aromatic rings. The Kier molecular flexibility index (Phi) is 8.63. The SMILES string of the molecule is CCCNC(CCC(C)OC)c1cccc(CC(C)C)c1. The van der Waals surface area contributed by atoms with E-state index in [-0.39, 0.29) is 0 Å². The minimum absolute atomic E-state index is 0.328.